The van der Waals surface area contributed by atoms with Gasteiger partial charge in [0.15, 0.2) is 9.84 Å². The SMILES string of the molecule is O=C(O)CCCCc1nnc(C2CCS(=O)(=O)C2)o1. The van der Waals surface area contributed by atoms with Crippen molar-refractivity contribution >= 4 is 15.8 Å². The van der Waals surface area contributed by atoms with Gasteiger partial charge in [0.1, 0.15) is 0 Å². The predicted molar refractivity (Wildman–Crippen MR) is 65.5 cm³/mol. The number of aromatic nitrogens is 2. The predicted octanol–water partition coefficient (Wildman–Crippen LogP) is 0.769. The summed E-state index contributed by atoms with van der Waals surface area (Å²) < 4.78 is 28.1. The van der Waals surface area contributed by atoms with Crippen LogP contribution in [-0.2, 0) is 21.1 Å². The number of carboxylic acid groups (broad SMARTS) is 1. The van der Waals surface area contributed by atoms with E-state index in [1.807, 2.05) is 0 Å². The molecule has 8 heteroatoms. The number of aliphatic carboxylic acids is 1. The maximum atomic E-state index is 11.4. The molecule has 1 aliphatic heterocycles. The highest BCUT2D eigenvalue weighted by molar-refractivity contribution is 7.91. The van der Waals surface area contributed by atoms with Crippen molar-refractivity contribution in [3.63, 3.8) is 0 Å². The van der Waals surface area contributed by atoms with E-state index in [0.717, 1.165) is 0 Å². The second-order valence-electron chi connectivity index (χ2n) is 4.73. The van der Waals surface area contributed by atoms with Crippen LogP contribution in [0.5, 0.6) is 0 Å². The first kappa shape index (κ1) is 14.0. The van der Waals surface area contributed by atoms with Crippen LogP contribution in [0.4, 0.5) is 0 Å². The third-order valence-corrected chi connectivity index (χ3v) is 4.86. The second-order valence-corrected chi connectivity index (χ2v) is 6.96. The third kappa shape index (κ3) is 4.02. The van der Waals surface area contributed by atoms with Crippen LogP contribution in [0, 0.1) is 0 Å². The van der Waals surface area contributed by atoms with Crippen molar-refractivity contribution in [1.29, 1.82) is 0 Å². The maximum absolute atomic E-state index is 11.4. The lowest BCUT2D eigenvalue weighted by atomic mass is 10.1. The zero-order chi connectivity index (χ0) is 13.9. The fourth-order valence-electron chi connectivity index (χ4n) is 2.07. The number of unbranched alkanes of at least 4 members (excludes halogenated alkanes) is 1. The number of rotatable bonds is 6. The Balaban J connectivity index is 1.84. The lowest BCUT2D eigenvalue weighted by Crippen LogP contribution is -2.03. The first-order chi connectivity index (χ1) is 8.96. The molecule has 1 atom stereocenters. The summed E-state index contributed by atoms with van der Waals surface area (Å²) in [5.41, 5.74) is 0. The number of carboxylic acids is 1. The Morgan fingerprint density at radius 2 is 2.16 bits per heavy atom. The van der Waals surface area contributed by atoms with E-state index < -0.39 is 15.8 Å². The number of hydrogen-bond donors (Lipinski definition) is 1. The van der Waals surface area contributed by atoms with Crippen LogP contribution >= 0.6 is 0 Å². The summed E-state index contributed by atoms with van der Waals surface area (Å²) in [4.78, 5) is 10.3. The van der Waals surface area contributed by atoms with Gasteiger partial charge >= 0.3 is 5.97 Å². The second kappa shape index (κ2) is 5.68. The van der Waals surface area contributed by atoms with E-state index in [9.17, 15) is 13.2 Å². The van der Waals surface area contributed by atoms with Crippen LogP contribution in [0.3, 0.4) is 0 Å². The maximum Gasteiger partial charge on any atom is 0.303 e. The van der Waals surface area contributed by atoms with Gasteiger partial charge in [0.25, 0.3) is 0 Å². The zero-order valence-corrected chi connectivity index (χ0v) is 11.2. The normalized spacial score (nSPS) is 21.6. The van der Waals surface area contributed by atoms with Gasteiger partial charge in [-0.1, -0.05) is 0 Å². The van der Waals surface area contributed by atoms with Gasteiger partial charge in [-0.2, -0.15) is 0 Å². The van der Waals surface area contributed by atoms with E-state index in [4.69, 9.17) is 9.52 Å². The summed E-state index contributed by atoms with van der Waals surface area (Å²) in [5.74, 6) is 0.0772. The quantitative estimate of drug-likeness (QED) is 0.769. The van der Waals surface area contributed by atoms with Crippen molar-refractivity contribution in [1.82, 2.24) is 10.2 Å². The molecule has 1 aromatic rings. The van der Waals surface area contributed by atoms with Crippen LogP contribution in [-0.4, -0.2) is 41.2 Å². The summed E-state index contributed by atoms with van der Waals surface area (Å²) in [5, 5.41) is 16.2. The Morgan fingerprint density at radius 3 is 2.79 bits per heavy atom. The molecular weight excluding hydrogens is 272 g/mol. The fourth-order valence-corrected chi connectivity index (χ4v) is 3.81. The van der Waals surface area contributed by atoms with Gasteiger partial charge in [0.2, 0.25) is 11.8 Å². The average Bonchev–Trinajstić information content (AvgIpc) is 2.90. The largest absolute Gasteiger partial charge is 0.481 e. The topological polar surface area (TPSA) is 110 Å². The highest BCUT2D eigenvalue weighted by atomic mass is 32.2. The fraction of sp³-hybridized carbons (Fsp3) is 0.727. The number of hydrogen-bond acceptors (Lipinski definition) is 6. The van der Waals surface area contributed by atoms with Crippen molar-refractivity contribution in [2.24, 2.45) is 0 Å². The van der Waals surface area contributed by atoms with Crippen LogP contribution in [0.25, 0.3) is 0 Å². The van der Waals surface area contributed by atoms with Crippen molar-refractivity contribution in [3.8, 4) is 0 Å². The first-order valence-corrected chi connectivity index (χ1v) is 8.03. The smallest absolute Gasteiger partial charge is 0.303 e. The van der Waals surface area contributed by atoms with Crippen LogP contribution < -0.4 is 0 Å². The van der Waals surface area contributed by atoms with Gasteiger partial charge in [0.05, 0.1) is 17.4 Å². The molecule has 0 saturated carbocycles. The van der Waals surface area contributed by atoms with E-state index in [1.54, 1.807) is 0 Å². The highest BCUT2D eigenvalue weighted by Crippen LogP contribution is 2.27. The molecule has 0 bridgehead atoms. The van der Waals surface area contributed by atoms with Crippen LogP contribution in [0.15, 0.2) is 4.42 Å². The Bertz CT molecular complexity index is 551. The van der Waals surface area contributed by atoms with Gasteiger partial charge < -0.3 is 9.52 Å². The zero-order valence-electron chi connectivity index (χ0n) is 10.4. The van der Waals surface area contributed by atoms with Gasteiger partial charge in [-0.05, 0) is 19.3 Å². The Morgan fingerprint density at radius 1 is 1.37 bits per heavy atom. The molecule has 2 rings (SSSR count). The highest BCUT2D eigenvalue weighted by Gasteiger charge is 2.32. The van der Waals surface area contributed by atoms with E-state index in [-0.39, 0.29) is 23.8 Å². The summed E-state index contributed by atoms with van der Waals surface area (Å²) >= 11 is 0. The molecule has 106 valence electrons. The number of sulfone groups is 1. The number of nitrogens with zero attached hydrogens (tertiary/aromatic N) is 2. The molecule has 0 amide bonds. The molecule has 1 aliphatic rings. The van der Waals surface area contributed by atoms with Crippen molar-refractivity contribution in [3.05, 3.63) is 11.8 Å². The molecule has 19 heavy (non-hydrogen) atoms. The molecule has 2 heterocycles. The standard InChI is InChI=1S/C11H16N2O5S/c14-10(15)4-2-1-3-9-12-13-11(18-9)8-5-6-19(16,17)7-8/h8H,1-7H2,(H,14,15). The summed E-state index contributed by atoms with van der Waals surface area (Å²) in [6.45, 7) is 0. The third-order valence-electron chi connectivity index (χ3n) is 3.10. The lowest BCUT2D eigenvalue weighted by Gasteiger charge is -1.99. The molecule has 1 unspecified atom stereocenters. The molecule has 7 nitrogen and oxygen atoms in total. The van der Waals surface area contributed by atoms with Crippen LogP contribution in [0.2, 0.25) is 0 Å². The molecular formula is C11H16N2O5S. The lowest BCUT2D eigenvalue weighted by molar-refractivity contribution is -0.137. The van der Waals surface area contributed by atoms with E-state index in [2.05, 4.69) is 10.2 Å². The number of aryl methyl sites for hydroxylation is 1. The molecule has 0 aliphatic carbocycles. The minimum atomic E-state index is -2.96. The molecule has 1 fully saturated rings. The molecule has 0 aromatic carbocycles. The molecule has 1 aromatic heterocycles. The van der Waals surface area contributed by atoms with Crippen molar-refractivity contribution in [2.45, 2.75) is 38.0 Å². The molecule has 1 saturated heterocycles. The summed E-state index contributed by atoms with van der Waals surface area (Å²) in [6, 6.07) is 0. The van der Waals surface area contributed by atoms with E-state index >= 15 is 0 Å². The van der Waals surface area contributed by atoms with Gasteiger partial charge in [-0.3, -0.25) is 4.79 Å². The Labute approximate surface area is 110 Å². The average molecular weight is 288 g/mol. The molecule has 1 N–H and O–H groups in total. The molecule has 0 radical (unpaired) electrons. The Kier molecular flexibility index (Phi) is 4.18. The molecule has 0 spiro atoms. The van der Waals surface area contributed by atoms with Gasteiger partial charge in [-0.25, -0.2) is 8.42 Å². The van der Waals surface area contributed by atoms with E-state index in [0.29, 0.717) is 37.5 Å². The van der Waals surface area contributed by atoms with Crippen molar-refractivity contribution in [2.75, 3.05) is 11.5 Å². The van der Waals surface area contributed by atoms with Crippen LogP contribution in [0.1, 0.15) is 43.4 Å². The first-order valence-electron chi connectivity index (χ1n) is 6.21. The Hall–Kier alpha value is -1.44. The minimum Gasteiger partial charge on any atom is -0.481 e. The van der Waals surface area contributed by atoms with Gasteiger partial charge in [-0.15, -0.1) is 10.2 Å². The summed E-state index contributed by atoms with van der Waals surface area (Å²) in [6.07, 6.45) is 2.41. The minimum absolute atomic E-state index is 0.0770. The summed E-state index contributed by atoms with van der Waals surface area (Å²) in [7, 11) is -2.96. The number of carbonyl (C=O) groups is 1. The van der Waals surface area contributed by atoms with Crippen molar-refractivity contribution < 1.29 is 22.7 Å². The van der Waals surface area contributed by atoms with E-state index in [1.165, 1.54) is 0 Å². The van der Waals surface area contributed by atoms with Gasteiger partial charge in [0, 0.05) is 12.8 Å². The monoisotopic (exact) mass is 288 g/mol.